The van der Waals surface area contributed by atoms with Crippen molar-refractivity contribution < 1.29 is 4.74 Å². The molecule has 1 fully saturated rings. The van der Waals surface area contributed by atoms with Gasteiger partial charge >= 0.3 is 0 Å². The van der Waals surface area contributed by atoms with Crippen molar-refractivity contribution >= 4 is 28.7 Å². The van der Waals surface area contributed by atoms with Gasteiger partial charge in [-0.1, -0.05) is 11.8 Å². The molecule has 1 saturated heterocycles. The van der Waals surface area contributed by atoms with Crippen LogP contribution in [0.2, 0.25) is 0 Å². The van der Waals surface area contributed by atoms with Gasteiger partial charge in [-0.2, -0.15) is 5.26 Å². The first-order valence-electron chi connectivity index (χ1n) is 6.88. The molecule has 0 N–H and O–H groups in total. The zero-order valence-corrected chi connectivity index (χ0v) is 13.2. The van der Waals surface area contributed by atoms with E-state index in [1.54, 1.807) is 24.0 Å². The van der Waals surface area contributed by atoms with Gasteiger partial charge in [0.15, 0.2) is 5.17 Å². The molecule has 2 aliphatic rings. The van der Waals surface area contributed by atoms with Crippen LogP contribution in [0.25, 0.3) is 0 Å². The molecular formula is C14H16N4OS2. The number of hydrogen-bond acceptors (Lipinski definition) is 7. The minimum atomic E-state index is 0.486. The fourth-order valence-corrected chi connectivity index (χ4v) is 4.37. The molecule has 2 aliphatic heterocycles. The molecular weight excluding hydrogens is 304 g/mol. The number of amidine groups is 1. The van der Waals surface area contributed by atoms with E-state index < -0.39 is 0 Å². The van der Waals surface area contributed by atoms with Gasteiger partial charge in [-0.25, -0.2) is 4.98 Å². The van der Waals surface area contributed by atoms with Crippen molar-refractivity contribution in [1.82, 2.24) is 9.88 Å². The maximum Gasteiger partial charge on any atom is 0.159 e. The lowest BCUT2D eigenvalue weighted by molar-refractivity contribution is 0.0693. The molecule has 3 rings (SSSR count). The number of rotatable bonds is 3. The zero-order chi connectivity index (χ0) is 14.5. The van der Waals surface area contributed by atoms with Gasteiger partial charge in [0.1, 0.15) is 0 Å². The van der Waals surface area contributed by atoms with Crippen LogP contribution in [0.15, 0.2) is 28.3 Å². The summed E-state index contributed by atoms with van der Waals surface area (Å²) in [4.78, 5) is 11.3. The number of thioether (sulfide) groups is 2. The summed E-state index contributed by atoms with van der Waals surface area (Å²) in [7, 11) is 0. The molecule has 7 heteroatoms. The molecule has 0 unspecified atom stereocenters. The first kappa shape index (κ1) is 14.7. The molecule has 21 heavy (non-hydrogen) atoms. The van der Waals surface area contributed by atoms with Crippen molar-refractivity contribution in [2.24, 2.45) is 4.99 Å². The Hall–Kier alpha value is -1.23. The Morgan fingerprint density at radius 3 is 3.14 bits per heavy atom. The third-order valence-corrected chi connectivity index (χ3v) is 5.81. The smallest absolute Gasteiger partial charge is 0.159 e. The van der Waals surface area contributed by atoms with E-state index in [1.807, 2.05) is 17.8 Å². The van der Waals surface area contributed by atoms with Crippen LogP contribution < -0.4 is 0 Å². The van der Waals surface area contributed by atoms with E-state index in [0.717, 1.165) is 48.8 Å². The van der Waals surface area contributed by atoms with E-state index in [9.17, 15) is 0 Å². The van der Waals surface area contributed by atoms with E-state index in [4.69, 9.17) is 10.00 Å². The third-order valence-electron chi connectivity index (χ3n) is 3.26. The summed E-state index contributed by atoms with van der Waals surface area (Å²) in [6.07, 6.45) is 1.69. The van der Waals surface area contributed by atoms with Crippen molar-refractivity contribution in [3.05, 3.63) is 23.9 Å². The lowest BCUT2D eigenvalue weighted by Crippen LogP contribution is -2.39. The van der Waals surface area contributed by atoms with Gasteiger partial charge in [-0.3, -0.25) is 4.99 Å². The number of morpholine rings is 1. The van der Waals surface area contributed by atoms with Crippen LogP contribution >= 0.6 is 23.5 Å². The third kappa shape index (κ3) is 3.90. The minimum Gasteiger partial charge on any atom is -0.378 e. The molecule has 0 bridgehead atoms. The Bertz CT molecular complexity index is 566. The van der Waals surface area contributed by atoms with Crippen LogP contribution in [-0.4, -0.2) is 58.9 Å². The van der Waals surface area contributed by atoms with E-state index in [2.05, 4.69) is 20.9 Å². The van der Waals surface area contributed by atoms with Crippen LogP contribution in [0.1, 0.15) is 5.56 Å². The molecule has 0 aliphatic carbocycles. The van der Waals surface area contributed by atoms with Crippen LogP contribution in [0, 0.1) is 11.3 Å². The van der Waals surface area contributed by atoms with Crippen LogP contribution in [-0.2, 0) is 4.74 Å². The number of ether oxygens (including phenoxy) is 1. The number of aliphatic imine (C=N–C) groups is 1. The van der Waals surface area contributed by atoms with Gasteiger partial charge in [0.05, 0.1) is 36.4 Å². The summed E-state index contributed by atoms with van der Waals surface area (Å²) in [5.41, 5.74) is 0.664. The molecule has 5 nitrogen and oxygen atoms in total. The number of pyridine rings is 1. The van der Waals surface area contributed by atoms with E-state index in [1.165, 1.54) is 0 Å². The van der Waals surface area contributed by atoms with E-state index >= 15 is 0 Å². The van der Waals surface area contributed by atoms with E-state index in [-0.39, 0.29) is 0 Å². The summed E-state index contributed by atoms with van der Waals surface area (Å²) < 4.78 is 5.37. The second kappa shape index (κ2) is 7.16. The highest BCUT2D eigenvalue weighted by atomic mass is 32.2. The van der Waals surface area contributed by atoms with Gasteiger partial charge in [0, 0.05) is 30.3 Å². The average Bonchev–Trinajstić information content (AvgIpc) is 3.03. The van der Waals surface area contributed by atoms with Crippen LogP contribution in [0.4, 0.5) is 0 Å². The molecule has 0 amide bonds. The first-order valence-corrected chi connectivity index (χ1v) is 8.74. The van der Waals surface area contributed by atoms with Crippen molar-refractivity contribution in [3.63, 3.8) is 0 Å². The molecule has 110 valence electrons. The summed E-state index contributed by atoms with van der Waals surface area (Å²) in [5, 5.41) is 11.4. The Kier molecular flexibility index (Phi) is 5.01. The molecule has 1 aromatic heterocycles. The van der Waals surface area contributed by atoms with Gasteiger partial charge in [0.2, 0.25) is 0 Å². The lowest BCUT2D eigenvalue weighted by atomic mass is 10.3. The number of aromatic nitrogens is 1. The maximum absolute atomic E-state index is 8.90. The minimum absolute atomic E-state index is 0.486. The van der Waals surface area contributed by atoms with Gasteiger partial charge in [-0.05, 0) is 12.1 Å². The molecule has 0 radical (unpaired) electrons. The second-order valence-electron chi connectivity index (χ2n) is 4.77. The average molecular weight is 320 g/mol. The van der Waals surface area contributed by atoms with Gasteiger partial charge < -0.3 is 9.64 Å². The van der Waals surface area contributed by atoms with Crippen molar-refractivity contribution in [2.45, 2.75) is 10.3 Å². The summed E-state index contributed by atoms with van der Waals surface area (Å²) in [5.74, 6) is 0.962. The molecule has 0 aromatic carbocycles. The molecule has 3 heterocycles. The molecule has 1 aromatic rings. The Labute approximate surface area is 132 Å². The van der Waals surface area contributed by atoms with Crippen LogP contribution in [0.5, 0.6) is 0 Å². The largest absolute Gasteiger partial charge is 0.378 e. The zero-order valence-electron chi connectivity index (χ0n) is 11.6. The SMILES string of the molecule is N#Cc1ccnc(SC[C@H]2CN=C(N3CCOCC3)S2)c1. The molecule has 0 spiro atoms. The fraction of sp³-hybridized carbons (Fsp3) is 0.500. The number of nitriles is 1. The monoisotopic (exact) mass is 320 g/mol. The maximum atomic E-state index is 8.90. The van der Waals surface area contributed by atoms with Crippen molar-refractivity contribution in [3.8, 4) is 6.07 Å². The Morgan fingerprint density at radius 1 is 1.48 bits per heavy atom. The first-order chi connectivity index (χ1) is 10.3. The summed E-state index contributed by atoms with van der Waals surface area (Å²) in [6, 6.07) is 5.72. The fourth-order valence-electron chi connectivity index (χ4n) is 2.16. The van der Waals surface area contributed by atoms with Crippen molar-refractivity contribution in [2.75, 3.05) is 38.6 Å². The Balaban J connectivity index is 1.48. The topological polar surface area (TPSA) is 61.5 Å². The van der Waals surface area contributed by atoms with Crippen molar-refractivity contribution in [1.29, 1.82) is 5.26 Å². The summed E-state index contributed by atoms with van der Waals surface area (Å²) >= 11 is 3.55. The lowest BCUT2D eigenvalue weighted by Gasteiger charge is -2.28. The quantitative estimate of drug-likeness (QED) is 0.792. The number of hydrogen-bond donors (Lipinski definition) is 0. The highest BCUT2D eigenvalue weighted by Gasteiger charge is 2.25. The highest BCUT2D eigenvalue weighted by molar-refractivity contribution is 8.15. The van der Waals surface area contributed by atoms with E-state index in [0.29, 0.717) is 10.8 Å². The molecule has 1 atom stereocenters. The second-order valence-corrected chi connectivity index (χ2v) is 7.08. The predicted octanol–water partition coefficient (Wildman–Crippen LogP) is 1.85. The Morgan fingerprint density at radius 2 is 2.33 bits per heavy atom. The number of nitrogens with zero attached hydrogens (tertiary/aromatic N) is 4. The predicted molar refractivity (Wildman–Crippen MR) is 85.7 cm³/mol. The highest BCUT2D eigenvalue weighted by Crippen LogP contribution is 2.29. The summed E-state index contributed by atoms with van der Waals surface area (Å²) in [6.45, 7) is 4.34. The van der Waals surface area contributed by atoms with Gasteiger partial charge in [-0.15, -0.1) is 11.8 Å². The molecule has 0 saturated carbocycles. The normalized spacial score (nSPS) is 22.0. The van der Waals surface area contributed by atoms with Gasteiger partial charge in [0.25, 0.3) is 0 Å². The standard InChI is InChI=1S/C14H16N4OS2/c15-8-11-1-2-16-13(7-11)20-10-12-9-17-14(21-12)18-3-5-19-6-4-18/h1-2,7,12H,3-6,9-10H2/t12-/m1/s1. The van der Waals surface area contributed by atoms with Crippen LogP contribution in [0.3, 0.4) is 0 Å².